The van der Waals surface area contributed by atoms with Crippen LogP contribution in [-0.2, 0) is 4.74 Å². The molecule has 1 heterocycles. The van der Waals surface area contributed by atoms with Gasteiger partial charge in [-0.05, 0) is 0 Å². The van der Waals surface area contributed by atoms with Crippen LogP contribution in [0, 0.1) is 0 Å². The normalized spacial score (nSPS) is 43.7. The maximum Gasteiger partial charge on any atom is 0.158 e. The molecular formula is C5H9FO3. The van der Waals surface area contributed by atoms with Gasteiger partial charge < -0.3 is 14.9 Å². The lowest BCUT2D eigenvalue weighted by atomic mass is 10.2. The van der Waals surface area contributed by atoms with Gasteiger partial charge in [-0.2, -0.15) is 0 Å². The molecule has 0 aromatic carbocycles. The second-order valence-electron chi connectivity index (χ2n) is 2.06. The van der Waals surface area contributed by atoms with E-state index in [1.807, 2.05) is 0 Å². The van der Waals surface area contributed by atoms with Gasteiger partial charge in [-0.1, -0.05) is 0 Å². The number of halogens is 1. The molecule has 9 heavy (non-hydrogen) atoms. The third-order valence-corrected chi connectivity index (χ3v) is 1.34. The lowest BCUT2D eigenvalue weighted by Crippen LogP contribution is -2.21. The van der Waals surface area contributed by atoms with Crippen LogP contribution in [0.15, 0.2) is 0 Å². The predicted molar refractivity (Wildman–Crippen MR) is 27.5 cm³/mol. The van der Waals surface area contributed by atoms with Crippen molar-refractivity contribution in [3.63, 3.8) is 0 Å². The number of ether oxygens (including phenoxy) is 1. The van der Waals surface area contributed by atoms with Crippen molar-refractivity contribution in [3.8, 4) is 0 Å². The van der Waals surface area contributed by atoms with Gasteiger partial charge in [0.2, 0.25) is 0 Å². The molecule has 4 heteroatoms. The van der Waals surface area contributed by atoms with Crippen LogP contribution in [0.1, 0.15) is 6.42 Å². The fourth-order valence-corrected chi connectivity index (χ4v) is 0.844. The van der Waals surface area contributed by atoms with Crippen LogP contribution >= 0.6 is 0 Å². The molecule has 0 amide bonds. The molecule has 0 aromatic rings. The summed E-state index contributed by atoms with van der Waals surface area (Å²) in [6, 6.07) is 0. The van der Waals surface area contributed by atoms with E-state index in [2.05, 4.69) is 4.74 Å². The van der Waals surface area contributed by atoms with Crippen LogP contribution in [-0.4, -0.2) is 35.4 Å². The van der Waals surface area contributed by atoms with Gasteiger partial charge >= 0.3 is 0 Å². The SMILES string of the molecule is OC[C@H]1O[C@@H](O)C[C@@H]1F. The molecule has 1 rings (SSSR count). The van der Waals surface area contributed by atoms with Crippen molar-refractivity contribution >= 4 is 0 Å². The van der Waals surface area contributed by atoms with Gasteiger partial charge in [0.05, 0.1) is 6.61 Å². The van der Waals surface area contributed by atoms with Crippen molar-refractivity contribution < 1.29 is 19.3 Å². The summed E-state index contributed by atoms with van der Waals surface area (Å²) in [6.45, 7) is -0.363. The Bertz CT molecular complexity index is 98.2. The topological polar surface area (TPSA) is 49.7 Å². The second-order valence-corrected chi connectivity index (χ2v) is 2.06. The molecule has 0 spiro atoms. The molecule has 0 aromatic heterocycles. The van der Waals surface area contributed by atoms with E-state index >= 15 is 0 Å². The van der Waals surface area contributed by atoms with Crippen LogP contribution in [0.25, 0.3) is 0 Å². The molecular weight excluding hydrogens is 127 g/mol. The summed E-state index contributed by atoms with van der Waals surface area (Å²) < 4.78 is 16.9. The van der Waals surface area contributed by atoms with Crippen LogP contribution in [0.2, 0.25) is 0 Å². The smallest absolute Gasteiger partial charge is 0.158 e. The summed E-state index contributed by atoms with van der Waals surface area (Å²) in [7, 11) is 0. The number of alkyl halides is 1. The van der Waals surface area contributed by atoms with Gasteiger partial charge in [-0.3, -0.25) is 0 Å². The van der Waals surface area contributed by atoms with Crippen LogP contribution < -0.4 is 0 Å². The van der Waals surface area contributed by atoms with E-state index in [1.54, 1.807) is 0 Å². The quantitative estimate of drug-likeness (QED) is 0.507. The van der Waals surface area contributed by atoms with Crippen molar-refractivity contribution in [2.24, 2.45) is 0 Å². The fraction of sp³-hybridized carbons (Fsp3) is 1.00. The highest BCUT2D eigenvalue weighted by Crippen LogP contribution is 2.20. The lowest BCUT2D eigenvalue weighted by Gasteiger charge is -2.06. The first-order chi connectivity index (χ1) is 4.24. The van der Waals surface area contributed by atoms with E-state index in [1.165, 1.54) is 0 Å². The van der Waals surface area contributed by atoms with E-state index in [0.29, 0.717) is 0 Å². The van der Waals surface area contributed by atoms with E-state index in [-0.39, 0.29) is 13.0 Å². The first-order valence-corrected chi connectivity index (χ1v) is 2.82. The zero-order valence-corrected chi connectivity index (χ0v) is 4.83. The maximum atomic E-state index is 12.4. The van der Waals surface area contributed by atoms with Crippen LogP contribution in [0.4, 0.5) is 4.39 Å². The molecule has 1 aliphatic rings. The minimum Gasteiger partial charge on any atom is -0.394 e. The highest BCUT2D eigenvalue weighted by atomic mass is 19.1. The summed E-state index contributed by atoms with van der Waals surface area (Å²) in [6.07, 6.45) is -3.09. The van der Waals surface area contributed by atoms with E-state index < -0.39 is 18.6 Å². The molecule has 1 saturated heterocycles. The Kier molecular flexibility index (Phi) is 2.00. The molecule has 0 bridgehead atoms. The highest BCUT2D eigenvalue weighted by Gasteiger charge is 2.33. The van der Waals surface area contributed by atoms with Crippen molar-refractivity contribution in [2.45, 2.75) is 25.0 Å². The molecule has 1 aliphatic heterocycles. The van der Waals surface area contributed by atoms with Gasteiger partial charge in [0.15, 0.2) is 6.29 Å². The van der Waals surface area contributed by atoms with Crippen LogP contribution in [0.5, 0.6) is 0 Å². The van der Waals surface area contributed by atoms with Gasteiger partial charge in [-0.15, -0.1) is 0 Å². The Balaban J connectivity index is 2.38. The third-order valence-electron chi connectivity index (χ3n) is 1.34. The zero-order chi connectivity index (χ0) is 6.85. The summed E-state index contributed by atoms with van der Waals surface area (Å²) >= 11 is 0. The first kappa shape index (κ1) is 6.92. The van der Waals surface area contributed by atoms with E-state index in [4.69, 9.17) is 10.2 Å². The molecule has 1 fully saturated rings. The molecule has 0 aliphatic carbocycles. The molecule has 2 N–H and O–H groups in total. The average Bonchev–Trinajstić information content (AvgIpc) is 2.10. The molecule has 0 radical (unpaired) electrons. The average molecular weight is 136 g/mol. The molecule has 0 saturated carbocycles. The van der Waals surface area contributed by atoms with Gasteiger partial charge in [0, 0.05) is 6.42 Å². The van der Waals surface area contributed by atoms with E-state index in [9.17, 15) is 4.39 Å². The Morgan fingerprint density at radius 3 is 2.56 bits per heavy atom. The number of rotatable bonds is 1. The monoisotopic (exact) mass is 136 g/mol. The van der Waals surface area contributed by atoms with E-state index in [0.717, 1.165) is 0 Å². The number of aliphatic hydroxyl groups excluding tert-OH is 2. The first-order valence-electron chi connectivity index (χ1n) is 2.82. The highest BCUT2D eigenvalue weighted by molar-refractivity contribution is 4.76. The second kappa shape index (κ2) is 2.60. The summed E-state index contributed by atoms with van der Waals surface area (Å²) in [5, 5.41) is 17.0. The van der Waals surface area contributed by atoms with Gasteiger partial charge in [0.25, 0.3) is 0 Å². The Labute approximate surface area is 52.1 Å². The Hall–Kier alpha value is -0.190. The van der Waals surface area contributed by atoms with Crippen molar-refractivity contribution in [2.75, 3.05) is 6.61 Å². The number of hydrogen-bond acceptors (Lipinski definition) is 3. The zero-order valence-electron chi connectivity index (χ0n) is 4.83. The van der Waals surface area contributed by atoms with Crippen molar-refractivity contribution in [1.82, 2.24) is 0 Å². The molecule has 3 nitrogen and oxygen atoms in total. The third kappa shape index (κ3) is 1.38. The predicted octanol–water partition coefficient (Wildman–Crippen LogP) is -0.576. The number of hydrogen-bond donors (Lipinski definition) is 2. The molecule has 0 unspecified atom stereocenters. The maximum absolute atomic E-state index is 12.4. The summed E-state index contributed by atoms with van der Waals surface area (Å²) in [5.74, 6) is 0. The standard InChI is InChI=1S/C5H9FO3/c6-3-1-5(8)9-4(3)2-7/h3-5,7-8H,1-2H2/t3-,4+,5+/m0/s1. The summed E-state index contributed by atoms with van der Waals surface area (Å²) in [5.41, 5.74) is 0. The minimum atomic E-state index is -1.22. The van der Waals surface area contributed by atoms with Gasteiger partial charge in [0.1, 0.15) is 12.3 Å². The van der Waals surface area contributed by atoms with Crippen molar-refractivity contribution in [3.05, 3.63) is 0 Å². The Morgan fingerprint density at radius 2 is 2.33 bits per heavy atom. The van der Waals surface area contributed by atoms with Crippen molar-refractivity contribution in [1.29, 1.82) is 0 Å². The number of aliphatic hydroxyl groups is 2. The molecule has 3 atom stereocenters. The molecule has 54 valence electrons. The minimum absolute atomic E-state index is 0.0226. The van der Waals surface area contributed by atoms with Gasteiger partial charge in [-0.25, -0.2) is 4.39 Å². The Morgan fingerprint density at radius 1 is 1.67 bits per heavy atom. The lowest BCUT2D eigenvalue weighted by molar-refractivity contribution is -0.104. The van der Waals surface area contributed by atoms with Crippen LogP contribution in [0.3, 0.4) is 0 Å². The largest absolute Gasteiger partial charge is 0.394 e. The summed E-state index contributed by atoms with van der Waals surface area (Å²) in [4.78, 5) is 0. The fourth-order valence-electron chi connectivity index (χ4n) is 0.844.